The lowest BCUT2D eigenvalue weighted by Crippen LogP contribution is -3.19. The maximum Gasteiger partial charge on any atom is 0.291 e. The van der Waals surface area contributed by atoms with Crippen LogP contribution in [0.1, 0.15) is 38.7 Å². The van der Waals surface area contributed by atoms with Crippen LogP contribution in [0.15, 0.2) is 18.2 Å². The lowest BCUT2D eigenvalue weighted by atomic mass is 9.75. The molecule has 1 aromatic carbocycles. The van der Waals surface area contributed by atoms with Gasteiger partial charge in [-0.1, -0.05) is 18.5 Å². The number of hydrogen-bond donors (Lipinski definition) is 2. The summed E-state index contributed by atoms with van der Waals surface area (Å²) in [7, 11) is 0. The van der Waals surface area contributed by atoms with Gasteiger partial charge in [-0.2, -0.15) is 0 Å². The molecule has 4 aliphatic heterocycles. The Labute approximate surface area is 162 Å². The molecule has 0 bridgehead atoms. The summed E-state index contributed by atoms with van der Waals surface area (Å²) >= 11 is 6.27. The molecule has 0 radical (unpaired) electrons. The van der Waals surface area contributed by atoms with Crippen molar-refractivity contribution in [1.82, 2.24) is 4.90 Å². The molecule has 2 N–H and O–H groups in total. The smallest absolute Gasteiger partial charge is 0.291 e. The molecule has 6 nitrogen and oxygen atoms in total. The minimum atomic E-state index is -1.04. The number of nitrogens with zero attached hydrogens (tertiary/aromatic N) is 1. The molecule has 4 heterocycles. The van der Waals surface area contributed by atoms with E-state index in [0.717, 1.165) is 29.8 Å². The van der Waals surface area contributed by atoms with Crippen LogP contribution in [0.5, 0.6) is 0 Å². The first-order valence-corrected chi connectivity index (χ1v) is 10.1. The Bertz CT molecular complexity index is 887. The highest BCUT2D eigenvalue weighted by Crippen LogP contribution is 2.52. The van der Waals surface area contributed by atoms with E-state index < -0.39 is 17.4 Å². The Hall–Kier alpha value is -1.92. The van der Waals surface area contributed by atoms with Crippen molar-refractivity contribution in [3.05, 3.63) is 28.8 Å². The molecular formula is C20H23ClN3O3+. The molecule has 5 rings (SSSR count). The average Bonchev–Trinajstić information content (AvgIpc) is 3.33. The number of hydrogen-bond acceptors (Lipinski definition) is 3. The minimum Gasteiger partial charge on any atom is -0.320 e. The number of amides is 3. The maximum absolute atomic E-state index is 13.5. The monoisotopic (exact) mass is 388 g/mol. The lowest BCUT2D eigenvalue weighted by molar-refractivity contribution is -0.948. The fourth-order valence-corrected chi connectivity index (χ4v) is 6.24. The standard InChI is InChI=1S/C20H22ClN3O3/c1-3-10(2)24-17(25)15-14-5-4-8-23(14)20(16(15)18(24)26)12-9-11(21)6-7-13(12)22-19(20)27/h6-7,9-10,14-16H,3-5,8H2,1-2H3,(H,22,27)/p+1/t10-,14-,15-,16+,20-/m1/s1. The first-order chi connectivity index (χ1) is 12.9. The summed E-state index contributed by atoms with van der Waals surface area (Å²) < 4.78 is 0. The Balaban J connectivity index is 1.74. The van der Waals surface area contributed by atoms with Gasteiger partial charge in [0.05, 0.1) is 12.2 Å². The van der Waals surface area contributed by atoms with Crippen LogP contribution in [0.25, 0.3) is 0 Å². The second-order valence-electron chi connectivity index (χ2n) is 8.28. The SMILES string of the molecule is CC[C@@H](C)N1C(=O)[C@@H]2[C@H]3CCC[NH+]3[C@@]3(C(=O)Nc4ccc(Cl)cc43)[C@@H]2C1=O. The number of benzene rings is 1. The topological polar surface area (TPSA) is 70.9 Å². The number of nitrogens with one attached hydrogen (secondary N) is 2. The van der Waals surface area contributed by atoms with Crippen LogP contribution in [0.4, 0.5) is 5.69 Å². The molecule has 27 heavy (non-hydrogen) atoms. The van der Waals surface area contributed by atoms with Crippen LogP contribution in [0.3, 0.4) is 0 Å². The van der Waals surface area contributed by atoms with E-state index in [2.05, 4.69) is 5.32 Å². The number of rotatable bonds is 2. The Kier molecular flexibility index (Phi) is 3.53. The molecular weight excluding hydrogens is 366 g/mol. The highest BCUT2D eigenvalue weighted by molar-refractivity contribution is 6.31. The molecule has 3 amide bonds. The van der Waals surface area contributed by atoms with Crippen molar-refractivity contribution in [3.63, 3.8) is 0 Å². The predicted molar refractivity (Wildman–Crippen MR) is 99.2 cm³/mol. The van der Waals surface area contributed by atoms with Gasteiger partial charge in [0, 0.05) is 29.5 Å². The molecule has 0 saturated carbocycles. The highest BCUT2D eigenvalue weighted by atomic mass is 35.5. The normalized spacial score (nSPS) is 37.6. The van der Waals surface area contributed by atoms with Crippen molar-refractivity contribution >= 4 is 35.0 Å². The fourth-order valence-electron chi connectivity index (χ4n) is 6.07. The van der Waals surface area contributed by atoms with Crippen LogP contribution < -0.4 is 10.2 Å². The van der Waals surface area contributed by atoms with E-state index in [4.69, 9.17) is 11.6 Å². The molecule has 6 atom stereocenters. The van der Waals surface area contributed by atoms with Crippen LogP contribution in [-0.2, 0) is 19.9 Å². The van der Waals surface area contributed by atoms with E-state index in [1.807, 2.05) is 19.9 Å². The van der Waals surface area contributed by atoms with Gasteiger partial charge >= 0.3 is 0 Å². The zero-order chi connectivity index (χ0) is 19.1. The van der Waals surface area contributed by atoms with E-state index in [1.165, 1.54) is 4.90 Å². The number of anilines is 1. The molecule has 3 fully saturated rings. The summed E-state index contributed by atoms with van der Waals surface area (Å²) in [4.78, 5) is 42.7. The minimum absolute atomic E-state index is 0.0104. The number of quaternary nitrogens is 1. The summed E-state index contributed by atoms with van der Waals surface area (Å²) in [6.07, 6.45) is 2.54. The summed E-state index contributed by atoms with van der Waals surface area (Å²) in [6, 6.07) is 5.21. The third-order valence-corrected chi connectivity index (χ3v) is 7.48. The van der Waals surface area contributed by atoms with E-state index in [9.17, 15) is 14.4 Å². The van der Waals surface area contributed by atoms with Crippen molar-refractivity contribution in [3.8, 4) is 0 Å². The summed E-state index contributed by atoms with van der Waals surface area (Å²) in [5, 5.41) is 3.52. The van der Waals surface area contributed by atoms with E-state index in [-0.39, 0.29) is 29.8 Å². The van der Waals surface area contributed by atoms with Crippen molar-refractivity contribution in [2.75, 3.05) is 11.9 Å². The predicted octanol–water partition coefficient (Wildman–Crippen LogP) is 0.948. The second kappa shape index (κ2) is 5.55. The molecule has 142 valence electrons. The van der Waals surface area contributed by atoms with E-state index >= 15 is 0 Å². The number of carbonyl (C=O) groups is 3. The van der Waals surface area contributed by atoms with Crippen LogP contribution in [0.2, 0.25) is 5.02 Å². The molecule has 1 spiro atoms. The molecule has 4 aliphatic rings. The fraction of sp³-hybridized carbons (Fsp3) is 0.550. The van der Waals surface area contributed by atoms with Gasteiger partial charge < -0.3 is 10.2 Å². The van der Waals surface area contributed by atoms with Gasteiger partial charge in [0.1, 0.15) is 17.9 Å². The van der Waals surface area contributed by atoms with Crippen molar-refractivity contribution in [2.45, 2.75) is 50.7 Å². The maximum atomic E-state index is 13.5. The Morgan fingerprint density at radius 3 is 2.85 bits per heavy atom. The largest absolute Gasteiger partial charge is 0.320 e. The van der Waals surface area contributed by atoms with Gasteiger partial charge in [-0.3, -0.25) is 19.3 Å². The van der Waals surface area contributed by atoms with Crippen molar-refractivity contribution < 1.29 is 19.3 Å². The average molecular weight is 389 g/mol. The third kappa shape index (κ3) is 1.88. The summed E-state index contributed by atoms with van der Waals surface area (Å²) in [5.74, 6) is -1.51. The molecule has 0 aliphatic carbocycles. The molecule has 3 saturated heterocycles. The number of carbonyl (C=O) groups excluding carboxylic acids is 3. The van der Waals surface area contributed by atoms with Gasteiger partial charge in [-0.15, -0.1) is 0 Å². The number of imide groups is 1. The molecule has 0 aromatic heterocycles. The lowest BCUT2D eigenvalue weighted by Gasteiger charge is -2.34. The third-order valence-electron chi connectivity index (χ3n) is 7.24. The Morgan fingerprint density at radius 2 is 2.11 bits per heavy atom. The van der Waals surface area contributed by atoms with Crippen molar-refractivity contribution in [1.29, 1.82) is 0 Å². The zero-order valence-corrected chi connectivity index (χ0v) is 16.2. The second-order valence-corrected chi connectivity index (χ2v) is 8.72. The Morgan fingerprint density at radius 1 is 1.33 bits per heavy atom. The first kappa shape index (κ1) is 17.2. The van der Waals surface area contributed by atoms with Gasteiger partial charge in [0.25, 0.3) is 5.91 Å². The zero-order valence-electron chi connectivity index (χ0n) is 15.4. The molecule has 7 heteroatoms. The van der Waals surface area contributed by atoms with Gasteiger partial charge in [-0.25, -0.2) is 0 Å². The highest BCUT2D eigenvalue weighted by Gasteiger charge is 2.78. The van der Waals surface area contributed by atoms with Gasteiger partial charge in [0.15, 0.2) is 0 Å². The number of likely N-dealkylation sites (tertiary alicyclic amines) is 1. The van der Waals surface area contributed by atoms with Crippen LogP contribution >= 0.6 is 11.6 Å². The van der Waals surface area contributed by atoms with Crippen molar-refractivity contribution in [2.24, 2.45) is 11.8 Å². The summed E-state index contributed by atoms with van der Waals surface area (Å²) in [5.41, 5.74) is 0.452. The quantitative estimate of drug-likeness (QED) is 0.741. The van der Waals surface area contributed by atoms with E-state index in [0.29, 0.717) is 17.1 Å². The molecule has 1 aromatic rings. The van der Waals surface area contributed by atoms with Crippen LogP contribution in [0, 0.1) is 11.8 Å². The van der Waals surface area contributed by atoms with Gasteiger partial charge in [-0.05, 0) is 31.5 Å². The number of halogens is 1. The van der Waals surface area contributed by atoms with Gasteiger partial charge in [0.2, 0.25) is 17.4 Å². The molecule has 1 unspecified atom stereocenters. The summed E-state index contributed by atoms with van der Waals surface area (Å²) in [6.45, 7) is 4.67. The number of fused-ring (bicyclic) bond motifs is 7. The van der Waals surface area contributed by atoms with E-state index in [1.54, 1.807) is 12.1 Å². The first-order valence-electron chi connectivity index (χ1n) is 9.77. The van der Waals surface area contributed by atoms with Crippen LogP contribution in [-0.4, -0.2) is 41.2 Å².